The predicted octanol–water partition coefficient (Wildman–Crippen LogP) is 5.17. The van der Waals surface area contributed by atoms with Crippen LogP contribution in [-0.2, 0) is 21.1 Å². The number of hydrogen-bond donors (Lipinski definition) is 3. The number of pyridine rings is 1. The number of para-hydroxylation sites is 1. The lowest BCUT2D eigenvalue weighted by molar-refractivity contribution is -0.136. The number of nitrogens with zero attached hydrogens (tertiary/aromatic N) is 1. The molecule has 1 aliphatic carbocycles. The van der Waals surface area contributed by atoms with Crippen LogP contribution < -0.4 is 5.73 Å². The van der Waals surface area contributed by atoms with Crippen molar-refractivity contribution >= 4 is 38.3 Å². The summed E-state index contributed by atoms with van der Waals surface area (Å²) >= 11 is 0. The standard InChI is InChI=1S/C29H29N3O5S/c30-27-22(10-5-11-25(27)38(36,37)21-8-2-1-3-9-21)28(35)24-17-32-29-23(24)15-20(16-31-29)19-7-4-6-18(14-19)12-13-26(33)34/h4-7,10-11,14-17,21H,1-3,8-9,12-13,30H2,(H,31,32)(H,33,34). The summed E-state index contributed by atoms with van der Waals surface area (Å²) in [5, 5.41) is 9.10. The molecule has 0 bridgehead atoms. The number of aromatic amines is 1. The number of nitrogen functional groups attached to an aromatic ring is 1. The minimum atomic E-state index is -3.65. The zero-order chi connectivity index (χ0) is 26.9. The van der Waals surface area contributed by atoms with Gasteiger partial charge in [0.2, 0.25) is 0 Å². The number of aromatic nitrogens is 2. The Morgan fingerprint density at radius 3 is 2.53 bits per heavy atom. The van der Waals surface area contributed by atoms with Gasteiger partial charge in [-0.25, -0.2) is 13.4 Å². The molecule has 0 saturated heterocycles. The van der Waals surface area contributed by atoms with Crippen LogP contribution in [0, 0.1) is 0 Å². The summed E-state index contributed by atoms with van der Waals surface area (Å²) in [6.45, 7) is 0. The second-order valence-corrected chi connectivity index (χ2v) is 12.0. The Bertz CT molecular complexity index is 1640. The van der Waals surface area contributed by atoms with E-state index < -0.39 is 21.1 Å². The molecule has 4 N–H and O–H groups in total. The van der Waals surface area contributed by atoms with Gasteiger partial charge >= 0.3 is 5.97 Å². The van der Waals surface area contributed by atoms with Crippen LogP contribution in [0.3, 0.4) is 0 Å². The van der Waals surface area contributed by atoms with Gasteiger partial charge < -0.3 is 15.8 Å². The van der Waals surface area contributed by atoms with Crippen LogP contribution in [0.4, 0.5) is 5.69 Å². The van der Waals surface area contributed by atoms with Crippen molar-refractivity contribution in [1.82, 2.24) is 9.97 Å². The molecule has 38 heavy (non-hydrogen) atoms. The Labute approximate surface area is 220 Å². The lowest BCUT2D eigenvalue weighted by Crippen LogP contribution is -2.25. The van der Waals surface area contributed by atoms with Gasteiger partial charge in [-0.15, -0.1) is 0 Å². The van der Waals surface area contributed by atoms with Crippen molar-refractivity contribution < 1.29 is 23.1 Å². The topological polar surface area (TPSA) is 143 Å². The molecule has 5 rings (SSSR count). The molecule has 4 aromatic rings. The summed E-state index contributed by atoms with van der Waals surface area (Å²) in [7, 11) is -3.65. The van der Waals surface area contributed by atoms with Crippen LogP contribution in [0.2, 0.25) is 0 Å². The molecule has 0 atom stereocenters. The molecule has 0 aliphatic heterocycles. The van der Waals surface area contributed by atoms with Crippen LogP contribution in [0.25, 0.3) is 22.2 Å². The first-order chi connectivity index (χ1) is 18.3. The summed E-state index contributed by atoms with van der Waals surface area (Å²) < 4.78 is 26.7. The molecule has 2 aromatic carbocycles. The largest absolute Gasteiger partial charge is 0.481 e. The molecule has 0 spiro atoms. The van der Waals surface area contributed by atoms with E-state index in [-0.39, 0.29) is 28.4 Å². The first-order valence-electron chi connectivity index (χ1n) is 12.7. The Hall–Kier alpha value is -3.98. The summed E-state index contributed by atoms with van der Waals surface area (Å²) in [5.41, 5.74) is 9.83. The molecule has 1 saturated carbocycles. The SMILES string of the molecule is Nc1c(C(=O)c2c[nH]c3ncc(-c4cccc(CCC(=O)O)c4)cc23)cccc1S(=O)(=O)C1CCCCC1. The van der Waals surface area contributed by atoms with Crippen LogP contribution in [0.5, 0.6) is 0 Å². The van der Waals surface area contributed by atoms with Crippen LogP contribution in [0.1, 0.15) is 60.0 Å². The number of carboxylic acid groups (broad SMARTS) is 1. The van der Waals surface area contributed by atoms with Gasteiger partial charge in [0.25, 0.3) is 0 Å². The number of rotatable bonds is 8. The van der Waals surface area contributed by atoms with Crippen molar-refractivity contribution in [3.05, 3.63) is 77.6 Å². The van der Waals surface area contributed by atoms with E-state index in [4.69, 9.17) is 10.8 Å². The van der Waals surface area contributed by atoms with Gasteiger partial charge in [0.15, 0.2) is 15.6 Å². The Kier molecular flexibility index (Phi) is 7.03. The van der Waals surface area contributed by atoms with Crippen LogP contribution in [0.15, 0.2) is 65.8 Å². The molecule has 2 heterocycles. The Morgan fingerprint density at radius 2 is 1.76 bits per heavy atom. The number of H-pyrrole nitrogens is 1. The molecule has 0 amide bonds. The molecule has 196 valence electrons. The summed E-state index contributed by atoms with van der Waals surface area (Å²) in [6, 6.07) is 14.0. The van der Waals surface area contributed by atoms with Crippen molar-refractivity contribution in [2.45, 2.75) is 55.1 Å². The first kappa shape index (κ1) is 25.7. The number of nitrogens with two attached hydrogens (primary N) is 1. The van der Waals surface area contributed by atoms with E-state index in [2.05, 4.69) is 9.97 Å². The summed E-state index contributed by atoms with van der Waals surface area (Å²) in [4.78, 5) is 32.1. The number of ketones is 1. The summed E-state index contributed by atoms with van der Waals surface area (Å²) in [5.74, 6) is -1.24. The molecular formula is C29H29N3O5S. The number of aliphatic carboxylic acids is 1. The highest BCUT2D eigenvalue weighted by Gasteiger charge is 2.32. The quantitative estimate of drug-likeness (QED) is 0.210. The molecule has 8 nitrogen and oxygen atoms in total. The fourth-order valence-corrected chi connectivity index (χ4v) is 7.19. The van der Waals surface area contributed by atoms with Crippen LogP contribution in [-0.4, -0.2) is 40.5 Å². The second-order valence-electron chi connectivity index (χ2n) is 9.77. The van der Waals surface area contributed by atoms with E-state index >= 15 is 0 Å². The lowest BCUT2D eigenvalue weighted by atomic mass is 9.98. The molecule has 2 aromatic heterocycles. The zero-order valence-electron chi connectivity index (χ0n) is 20.8. The predicted molar refractivity (Wildman–Crippen MR) is 146 cm³/mol. The number of sulfone groups is 1. The summed E-state index contributed by atoms with van der Waals surface area (Å²) in [6.07, 6.45) is 7.68. The maximum absolute atomic E-state index is 13.7. The number of hydrogen-bond acceptors (Lipinski definition) is 6. The number of nitrogens with one attached hydrogen (secondary N) is 1. The van der Waals surface area contributed by atoms with E-state index in [1.54, 1.807) is 24.5 Å². The molecule has 0 radical (unpaired) electrons. The zero-order valence-corrected chi connectivity index (χ0v) is 21.6. The normalized spacial score (nSPS) is 14.5. The molecular weight excluding hydrogens is 502 g/mol. The number of anilines is 1. The van der Waals surface area contributed by atoms with Gasteiger partial charge in [-0.1, -0.05) is 49.6 Å². The van der Waals surface area contributed by atoms with Crippen molar-refractivity contribution in [3.8, 4) is 11.1 Å². The third-order valence-electron chi connectivity index (χ3n) is 7.27. The van der Waals surface area contributed by atoms with Gasteiger partial charge in [0.1, 0.15) is 5.65 Å². The average molecular weight is 532 g/mol. The van der Waals surface area contributed by atoms with Crippen molar-refractivity contribution in [2.24, 2.45) is 0 Å². The van der Waals surface area contributed by atoms with Crippen molar-refractivity contribution in [1.29, 1.82) is 0 Å². The van der Waals surface area contributed by atoms with Crippen molar-refractivity contribution in [3.63, 3.8) is 0 Å². The fraction of sp³-hybridized carbons (Fsp3) is 0.276. The number of carbonyl (C=O) groups is 2. The smallest absolute Gasteiger partial charge is 0.303 e. The Balaban J connectivity index is 1.50. The van der Waals surface area contributed by atoms with Gasteiger partial charge in [-0.3, -0.25) is 9.59 Å². The highest BCUT2D eigenvalue weighted by Crippen LogP contribution is 2.34. The van der Waals surface area contributed by atoms with Gasteiger partial charge in [0, 0.05) is 40.9 Å². The van der Waals surface area contributed by atoms with E-state index in [9.17, 15) is 18.0 Å². The van der Waals surface area contributed by atoms with Gasteiger partial charge in [0.05, 0.1) is 15.8 Å². The molecule has 9 heteroatoms. The van der Waals surface area contributed by atoms with Crippen LogP contribution >= 0.6 is 0 Å². The number of fused-ring (bicyclic) bond motifs is 1. The maximum Gasteiger partial charge on any atom is 0.303 e. The highest BCUT2D eigenvalue weighted by atomic mass is 32.2. The number of carbonyl (C=O) groups excluding carboxylic acids is 1. The second kappa shape index (κ2) is 10.4. The Morgan fingerprint density at radius 1 is 1.00 bits per heavy atom. The first-order valence-corrected chi connectivity index (χ1v) is 14.3. The van der Waals surface area contributed by atoms with Gasteiger partial charge in [-0.05, 0) is 48.6 Å². The minimum absolute atomic E-state index is 0.0204. The number of benzene rings is 2. The van der Waals surface area contributed by atoms with E-state index in [0.29, 0.717) is 35.9 Å². The van der Waals surface area contributed by atoms with E-state index in [1.807, 2.05) is 30.3 Å². The molecule has 0 unspecified atom stereocenters. The minimum Gasteiger partial charge on any atom is -0.481 e. The fourth-order valence-electron chi connectivity index (χ4n) is 5.20. The molecule has 1 aliphatic rings. The van der Waals surface area contributed by atoms with E-state index in [0.717, 1.165) is 36.0 Å². The van der Waals surface area contributed by atoms with Crippen molar-refractivity contribution in [2.75, 3.05) is 5.73 Å². The molecule has 1 fully saturated rings. The maximum atomic E-state index is 13.7. The number of aryl methyl sites for hydroxylation is 1. The van der Waals surface area contributed by atoms with Gasteiger partial charge in [-0.2, -0.15) is 0 Å². The average Bonchev–Trinajstić information content (AvgIpc) is 3.35. The number of carboxylic acids is 1. The monoisotopic (exact) mass is 531 g/mol. The van der Waals surface area contributed by atoms with E-state index in [1.165, 1.54) is 6.07 Å². The lowest BCUT2D eigenvalue weighted by Gasteiger charge is -2.23. The third kappa shape index (κ3) is 4.93. The third-order valence-corrected chi connectivity index (χ3v) is 9.59. The highest BCUT2D eigenvalue weighted by molar-refractivity contribution is 7.92.